The smallest absolute Gasteiger partial charge is 0.00388 e. The molecule has 2 heteroatoms. The van der Waals surface area contributed by atoms with Crippen molar-refractivity contribution in [3.8, 4) is 0 Å². The van der Waals surface area contributed by atoms with Crippen LogP contribution >= 0.6 is 0 Å². The Bertz CT molecular complexity index is 182. The molecule has 0 aliphatic carbocycles. The van der Waals surface area contributed by atoms with Crippen LogP contribution < -0.4 is 11.5 Å². The number of hydrogen-bond donors (Lipinski definition) is 2. The van der Waals surface area contributed by atoms with Crippen LogP contribution in [0.2, 0.25) is 0 Å². The Morgan fingerprint density at radius 2 is 0.952 bits per heavy atom. The first-order chi connectivity index (χ1) is 10.3. The highest BCUT2D eigenvalue weighted by Crippen LogP contribution is 2.13. The summed E-state index contributed by atoms with van der Waals surface area (Å²) >= 11 is 0. The molecular weight excluding hydrogens is 256 g/mol. The van der Waals surface area contributed by atoms with E-state index in [1.54, 1.807) is 0 Å². The molecule has 0 fully saturated rings. The standard InChI is InChI=1S/C19H42N2/c1-2-3-4-5-6-7-8-9-10-11-12-13-16-19(21)17-14-15-18-20/h19H,2-18,20-21H2,1H3. The van der Waals surface area contributed by atoms with E-state index in [0.29, 0.717) is 6.04 Å². The third-order valence-electron chi connectivity index (χ3n) is 4.46. The maximum atomic E-state index is 6.10. The summed E-state index contributed by atoms with van der Waals surface area (Å²) in [6.45, 7) is 3.10. The molecule has 4 N–H and O–H groups in total. The molecule has 0 aromatic carbocycles. The first kappa shape index (κ1) is 20.9. The molecular formula is C19H42N2. The van der Waals surface area contributed by atoms with Gasteiger partial charge in [0.25, 0.3) is 0 Å². The van der Waals surface area contributed by atoms with E-state index in [1.165, 1.54) is 89.9 Å². The summed E-state index contributed by atoms with van der Waals surface area (Å²) in [5, 5.41) is 0. The van der Waals surface area contributed by atoms with Gasteiger partial charge in [-0.1, -0.05) is 90.4 Å². The van der Waals surface area contributed by atoms with Gasteiger partial charge in [-0.3, -0.25) is 0 Å². The Morgan fingerprint density at radius 3 is 1.38 bits per heavy atom. The van der Waals surface area contributed by atoms with Gasteiger partial charge < -0.3 is 11.5 Å². The van der Waals surface area contributed by atoms with Gasteiger partial charge in [-0.05, 0) is 25.8 Å². The van der Waals surface area contributed by atoms with Crippen molar-refractivity contribution in [2.75, 3.05) is 6.54 Å². The van der Waals surface area contributed by atoms with Crippen molar-refractivity contribution in [1.29, 1.82) is 0 Å². The first-order valence-electron chi connectivity index (χ1n) is 9.77. The summed E-state index contributed by atoms with van der Waals surface area (Å²) in [4.78, 5) is 0. The molecule has 128 valence electrons. The minimum absolute atomic E-state index is 0.416. The third kappa shape index (κ3) is 17.9. The molecule has 2 nitrogen and oxygen atoms in total. The first-order valence-corrected chi connectivity index (χ1v) is 9.77. The number of rotatable bonds is 17. The lowest BCUT2D eigenvalue weighted by Crippen LogP contribution is -2.19. The van der Waals surface area contributed by atoms with Crippen LogP contribution in [0.4, 0.5) is 0 Å². The molecule has 0 amide bonds. The van der Waals surface area contributed by atoms with Crippen LogP contribution in [-0.2, 0) is 0 Å². The van der Waals surface area contributed by atoms with Crippen molar-refractivity contribution >= 4 is 0 Å². The fourth-order valence-electron chi connectivity index (χ4n) is 2.94. The summed E-state index contributed by atoms with van der Waals surface area (Å²) < 4.78 is 0. The number of hydrogen-bond acceptors (Lipinski definition) is 2. The SMILES string of the molecule is CCCCCCCCCCCCCCC(N)CCCCN. The molecule has 21 heavy (non-hydrogen) atoms. The van der Waals surface area contributed by atoms with Gasteiger partial charge in [-0.15, -0.1) is 0 Å². The van der Waals surface area contributed by atoms with E-state index < -0.39 is 0 Å². The van der Waals surface area contributed by atoms with Gasteiger partial charge in [0, 0.05) is 6.04 Å². The Labute approximate surface area is 134 Å². The Morgan fingerprint density at radius 1 is 0.571 bits per heavy atom. The lowest BCUT2D eigenvalue weighted by molar-refractivity contribution is 0.490. The summed E-state index contributed by atoms with van der Waals surface area (Å²) in [5.74, 6) is 0. The van der Waals surface area contributed by atoms with Gasteiger partial charge in [-0.2, -0.15) is 0 Å². The monoisotopic (exact) mass is 298 g/mol. The zero-order chi connectivity index (χ0) is 15.6. The maximum Gasteiger partial charge on any atom is 0.00388 e. The van der Waals surface area contributed by atoms with Gasteiger partial charge in [0.15, 0.2) is 0 Å². The van der Waals surface area contributed by atoms with E-state index in [9.17, 15) is 0 Å². The molecule has 0 aromatic rings. The zero-order valence-corrected chi connectivity index (χ0v) is 14.8. The van der Waals surface area contributed by atoms with Gasteiger partial charge in [0.05, 0.1) is 0 Å². The summed E-state index contributed by atoms with van der Waals surface area (Å²) in [6.07, 6.45) is 21.7. The predicted octanol–water partition coefficient (Wildman–Crippen LogP) is 5.53. The van der Waals surface area contributed by atoms with Gasteiger partial charge in [-0.25, -0.2) is 0 Å². The molecule has 0 aliphatic rings. The van der Waals surface area contributed by atoms with Crippen LogP contribution in [0.25, 0.3) is 0 Å². The molecule has 0 rings (SSSR count). The fourth-order valence-corrected chi connectivity index (χ4v) is 2.94. The minimum Gasteiger partial charge on any atom is -0.330 e. The van der Waals surface area contributed by atoms with E-state index in [4.69, 9.17) is 11.5 Å². The van der Waals surface area contributed by atoms with Crippen molar-refractivity contribution in [1.82, 2.24) is 0 Å². The van der Waals surface area contributed by atoms with Gasteiger partial charge in [0.1, 0.15) is 0 Å². The molecule has 0 radical (unpaired) electrons. The molecule has 0 aliphatic heterocycles. The van der Waals surface area contributed by atoms with Crippen molar-refractivity contribution in [2.24, 2.45) is 11.5 Å². The second kappa shape index (κ2) is 18.0. The summed E-state index contributed by atoms with van der Waals surface area (Å²) in [6, 6.07) is 0.416. The maximum absolute atomic E-state index is 6.10. The number of unbranched alkanes of at least 4 members (excludes halogenated alkanes) is 12. The average molecular weight is 299 g/mol. The quantitative estimate of drug-likeness (QED) is 0.347. The Balaban J connectivity index is 3.05. The van der Waals surface area contributed by atoms with E-state index in [-0.39, 0.29) is 0 Å². The summed E-state index contributed by atoms with van der Waals surface area (Å²) in [5.41, 5.74) is 11.6. The largest absolute Gasteiger partial charge is 0.330 e. The molecule has 0 heterocycles. The van der Waals surface area contributed by atoms with Crippen LogP contribution in [0.5, 0.6) is 0 Å². The molecule has 0 saturated heterocycles. The predicted molar refractivity (Wildman–Crippen MR) is 96.6 cm³/mol. The van der Waals surface area contributed by atoms with Gasteiger partial charge in [0.2, 0.25) is 0 Å². The van der Waals surface area contributed by atoms with Crippen molar-refractivity contribution in [3.05, 3.63) is 0 Å². The topological polar surface area (TPSA) is 52.0 Å². The van der Waals surface area contributed by atoms with Crippen LogP contribution in [0.15, 0.2) is 0 Å². The molecule has 1 unspecified atom stereocenters. The minimum atomic E-state index is 0.416. The number of nitrogens with two attached hydrogens (primary N) is 2. The second-order valence-electron chi connectivity index (χ2n) is 6.72. The van der Waals surface area contributed by atoms with Crippen LogP contribution in [0.1, 0.15) is 110 Å². The van der Waals surface area contributed by atoms with Crippen LogP contribution in [-0.4, -0.2) is 12.6 Å². The summed E-state index contributed by atoms with van der Waals surface area (Å²) in [7, 11) is 0. The van der Waals surface area contributed by atoms with E-state index in [0.717, 1.165) is 19.4 Å². The lowest BCUT2D eigenvalue weighted by Gasteiger charge is -2.10. The molecule has 0 bridgehead atoms. The lowest BCUT2D eigenvalue weighted by atomic mass is 10.0. The molecule has 0 saturated carbocycles. The Hall–Kier alpha value is -0.0800. The van der Waals surface area contributed by atoms with E-state index >= 15 is 0 Å². The zero-order valence-electron chi connectivity index (χ0n) is 14.8. The van der Waals surface area contributed by atoms with Crippen molar-refractivity contribution in [3.63, 3.8) is 0 Å². The van der Waals surface area contributed by atoms with Crippen molar-refractivity contribution < 1.29 is 0 Å². The average Bonchev–Trinajstić information content (AvgIpc) is 2.48. The fraction of sp³-hybridized carbons (Fsp3) is 1.00. The van der Waals surface area contributed by atoms with Gasteiger partial charge >= 0.3 is 0 Å². The Kier molecular flexibility index (Phi) is 17.9. The third-order valence-corrected chi connectivity index (χ3v) is 4.46. The second-order valence-corrected chi connectivity index (χ2v) is 6.72. The van der Waals surface area contributed by atoms with Crippen molar-refractivity contribution in [2.45, 2.75) is 116 Å². The molecule has 0 aromatic heterocycles. The molecule has 0 spiro atoms. The highest BCUT2D eigenvalue weighted by Gasteiger charge is 2.01. The van der Waals surface area contributed by atoms with Crippen LogP contribution in [0.3, 0.4) is 0 Å². The van der Waals surface area contributed by atoms with Crippen LogP contribution in [0, 0.1) is 0 Å². The normalized spacial score (nSPS) is 12.7. The van der Waals surface area contributed by atoms with E-state index in [1.807, 2.05) is 0 Å². The molecule has 1 atom stereocenters. The van der Waals surface area contributed by atoms with E-state index in [2.05, 4.69) is 6.92 Å². The highest BCUT2D eigenvalue weighted by molar-refractivity contribution is 4.61. The highest BCUT2D eigenvalue weighted by atomic mass is 14.6.